The molecule has 45 heavy (non-hydrogen) atoms. The molecule has 1 amide bonds. The zero-order valence-corrected chi connectivity index (χ0v) is 26.1. The molecule has 5 aromatic rings. The van der Waals surface area contributed by atoms with Gasteiger partial charge in [0.1, 0.15) is 6.04 Å². The molecule has 9 heteroatoms. The van der Waals surface area contributed by atoms with Gasteiger partial charge in [-0.05, 0) is 60.5 Å². The second kappa shape index (κ2) is 12.0. The van der Waals surface area contributed by atoms with Crippen LogP contribution in [0.2, 0.25) is 0 Å². The van der Waals surface area contributed by atoms with E-state index in [1.807, 2.05) is 106 Å². The number of benzene rings is 3. The van der Waals surface area contributed by atoms with Gasteiger partial charge in [-0.15, -0.1) is 0 Å². The predicted octanol–water partition coefficient (Wildman–Crippen LogP) is 4.98. The Kier molecular flexibility index (Phi) is 7.95. The van der Waals surface area contributed by atoms with Gasteiger partial charge in [-0.2, -0.15) is 0 Å². The fourth-order valence-electron chi connectivity index (χ4n) is 5.99. The molecule has 1 saturated heterocycles. The Morgan fingerprint density at radius 1 is 0.733 bits per heavy atom. The van der Waals surface area contributed by atoms with Crippen LogP contribution in [0.3, 0.4) is 0 Å². The third-order valence-electron chi connectivity index (χ3n) is 8.67. The first-order valence-corrected chi connectivity index (χ1v) is 14.9. The minimum absolute atomic E-state index is 0.0651. The maximum atomic E-state index is 13.6. The highest BCUT2D eigenvalue weighted by Gasteiger charge is 2.31. The number of hydrogen-bond donors (Lipinski definition) is 1. The molecule has 1 aliphatic rings. The Morgan fingerprint density at radius 3 is 2.18 bits per heavy atom. The van der Waals surface area contributed by atoms with Crippen LogP contribution in [0.1, 0.15) is 17.2 Å². The van der Waals surface area contributed by atoms with Gasteiger partial charge in [-0.3, -0.25) is 19.3 Å². The summed E-state index contributed by atoms with van der Waals surface area (Å²) in [5.41, 5.74) is 6.73. The zero-order chi connectivity index (χ0) is 31.8. The molecule has 0 radical (unpaired) electrons. The summed E-state index contributed by atoms with van der Waals surface area (Å²) in [6, 6.07) is 26.7. The summed E-state index contributed by atoms with van der Waals surface area (Å²) in [5.74, 6) is 0.247. The van der Waals surface area contributed by atoms with E-state index < -0.39 is 0 Å². The smallest absolute Gasteiger partial charge is 0.293 e. The number of piperazine rings is 1. The fraction of sp³-hybridized carbons (Fsp3) is 0.222. The summed E-state index contributed by atoms with van der Waals surface area (Å²) in [4.78, 5) is 48.1. The van der Waals surface area contributed by atoms with E-state index in [1.165, 1.54) is 4.57 Å². The minimum Gasteiger partial charge on any atom is -0.343 e. The van der Waals surface area contributed by atoms with Crippen LogP contribution in [0, 0.1) is 6.92 Å². The number of carbonyl (C=O) groups excluding carboxylic acids is 1. The summed E-state index contributed by atoms with van der Waals surface area (Å²) in [6.45, 7) is 3.47. The molecule has 3 heterocycles. The van der Waals surface area contributed by atoms with Crippen LogP contribution in [0.25, 0.3) is 33.6 Å². The molecule has 1 N–H and O–H groups in total. The average Bonchev–Trinajstić information content (AvgIpc) is 3.04. The van der Waals surface area contributed by atoms with E-state index in [0.29, 0.717) is 23.5 Å². The Bertz CT molecular complexity index is 2010. The van der Waals surface area contributed by atoms with Crippen molar-refractivity contribution in [2.45, 2.75) is 13.0 Å². The molecule has 6 rings (SSSR count). The van der Waals surface area contributed by atoms with Crippen LogP contribution in [-0.2, 0) is 18.9 Å². The first kappa shape index (κ1) is 29.8. The van der Waals surface area contributed by atoms with E-state index in [9.17, 15) is 14.4 Å². The Morgan fingerprint density at radius 2 is 1.44 bits per heavy atom. The molecule has 0 aliphatic carbocycles. The molecule has 1 aliphatic heterocycles. The summed E-state index contributed by atoms with van der Waals surface area (Å²) in [7, 11) is 7.26. The van der Waals surface area contributed by atoms with Crippen molar-refractivity contribution in [3.8, 4) is 33.6 Å². The monoisotopic (exact) mass is 600 g/mol. The number of nitrogens with zero attached hydrogens (tertiary/aromatic N) is 5. The van der Waals surface area contributed by atoms with Crippen LogP contribution in [0.4, 0.5) is 11.5 Å². The number of likely N-dealkylation sites (N-methyl/N-ethyl adjacent to an activating group) is 2. The fourth-order valence-corrected chi connectivity index (χ4v) is 5.99. The molecule has 1 unspecified atom stereocenters. The second-order valence-electron chi connectivity index (χ2n) is 11.6. The van der Waals surface area contributed by atoms with Gasteiger partial charge in [-0.25, -0.2) is 4.98 Å². The lowest BCUT2D eigenvalue weighted by atomic mass is 9.95. The summed E-state index contributed by atoms with van der Waals surface area (Å²) < 4.78 is 3.18. The van der Waals surface area contributed by atoms with Crippen molar-refractivity contribution >= 4 is 17.4 Å². The van der Waals surface area contributed by atoms with E-state index in [4.69, 9.17) is 4.98 Å². The molecule has 9 nitrogen and oxygen atoms in total. The summed E-state index contributed by atoms with van der Waals surface area (Å²) in [6.07, 6.45) is 1.71. The Balaban J connectivity index is 1.32. The Hall–Kier alpha value is -5.28. The zero-order valence-electron chi connectivity index (χ0n) is 26.1. The van der Waals surface area contributed by atoms with Gasteiger partial charge >= 0.3 is 0 Å². The topological polar surface area (TPSA) is 92.5 Å². The lowest BCUT2D eigenvalue weighted by molar-refractivity contribution is -0.139. The number of aryl methyl sites for hydroxylation is 1. The lowest BCUT2D eigenvalue weighted by Gasteiger charge is -2.37. The van der Waals surface area contributed by atoms with Gasteiger partial charge in [0.05, 0.1) is 11.4 Å². The molecule has 2 aromatic heterocycles. The van der Waals surface area contributed by atoms with E-state index in [-0.39, 0.29) is 28.9 Å². The average molecular weight is 601 g/mol. The van der Waals surface area contributed by atoms with E-state index in [2.05, 4.69) is 10.2 Å². The van der Waals surface area contributed by atoms with E-state index >= 15 is 0 Å². The molecular weight excluding hydrogens is 564 g/mol. The van der Waals surface area contributed by atoms with Crippen LogP contribution < -0.4 is 16.4 Å². The maximum absolute atomic E-state index is 13.6. The van der Waals surface area contributed by atoms with Crippen LogP contribution >= 0.6 is 0 Å². The number of rotatable bonds is 6. The van der Waals surface area contributed by atoms with Crippen LogP contribution in [0.5, 0.6) is 0 Å². The van der Waals surface area contributed by atoms with Crippen molar-refractivity contribution < 1.29 is 4.79 Å². The van der Waals surface area contributed by atoms with Gasteiger partial charge < -0.3 is 19.4 Å². The second-order valence-corrected chi connectivity index (χ2v) is 11.6. The molecule has 0 bridgehead atoms. The lowest BCUT2D eigenvalue weighted by Crippen LogP contribution is -2.48. The van der Waals surface area contributed by atoms with Gasteiger partial charge in [0.15, 0.2) is 5.82 Å². The van der Waals surface area contributed by atoms with E-state index in [1.54, 1.807) is 29.8 Å². The molecule has 1 atom stereocenters. The third-order valence-corrected chi connectivity index (χ3v) is 8.67. The number of aromatic nitrogens is 3. The quantitative estimate of drug-likeness (QED) is 0.296. The van der Waals surface area contributed by atoms with Gasteiger partial charge in [0, 0.05) is 57.2 Å². The molecule has 3 aromatic carbocycles. The number of pyridine rings is 1. The van der Waals surface area contributed by atoms with Crippen molar-refractivity contribution in [2.24, 2.45) is 14.1 Å². The van der Waals surface area contributed by atoms with Crippen molar-refractivity contribution in [3.05, 3.63) is 123 Å². The molecule has 1 fully saturated rings. The first-order chi connectivity index (χ1) is 21.6. The van der Waals surface area contributed by atoms with Gasteiger partial charge in [-0.1, -0.05) is 60.7 Å². The number of hydrogen-bond acceptors (Lipinski definition) is 6. The van der Waals surface area contributed by atoms with Crippen molar-refractivity contribution in [1.82, 2.24) is 23.9 Å². The summed E-state index contributed by atoms with van der Waals surface area (Å²) >= 11 is 0. The number of carbonyl (C=O) groups is 1. The van der Waals surface area contributed by atoms with Crippen LogP contribution in [0.15, 0.2) is 101 Å². The number of amides is 1. The Labute approximate surface area is 262 Å². The minimum atomic E-state index is -0.339. The normalized spacial score (nSPS) is 15.4. The predicted molar refractivity (Wildman–Crippen MR) is 178 cm³/mol. The number of anilines is 2. The van der Waals surface area contributed by atoms with Gasteiger partial charge in [0.2, 0.25) is 5.91 Å². The molecular formula is C36H36N6O3. The van der Waals surface area contributed by atoms with Crippen LogP contribution in [-0.4, -0.2) is 57.0 Å². The maximum Gasteiger partial charge on any atom is 0.293 e. The molecule has 0 saturated carbocycles. The first-order valence-electron chi connectivity index (χ1n) is 14.9. The number of nitrogens with one attached hydrogen (secondary N) is 1. The highest BCUT2D eigenvalue weighted by atomic mass is 16.2. The van der Waals surface area contributed by atoms with E-state index in [0.717, 1.165) is 40.1 Å². The highest BCUT2D eigenvalue weighted by Crippen LogP contribution is 2.31. The summed E-state index contributed by atoms with van der Waals surface area (Å²) in [5, 5.41) is 3.18. The highest BCUT2D eigenvalue weighted by molar-refractivity contribution is 5.84. The third kappa shape index (κ3) is 5.58. The van der Waals surface area contributed by atoms with Crippen molar-refractivity contribution in [2.75, 3.05) is 32.5 Å². The standard InChI is InChI=1S/C36H36N6O3/c1-23-27(29-18-19-31(42(5)34(29)43)24-10-7-6-8-11-24)12-9-13-28(23)30-22-41(4)36(45)33(38-30)37-26-16-14-25(15-17-26)32-35(44)40(3)21-20-39(32)2/h6-19,22,32H,20-21H2,1-5H3,(H,37,38). The van der Waals surface area contributed by atoms with Crippen molar-refractivity contribution in [3.63, 3.8) is 0 Å². The molecule has 228 valence electrons. The SMILES string of the molecule is Cc1c(-c2cn(C)c(=O)c(Nc3ccc(C4C(=O)N(C)CCN4C)cc3)n2)cccc1-c1ccc(-c2ccccc2)n(C)c1=O. The molecule has 0 spiro atoms. The largest absolute Gasteiger partial charge is 0.343 e. The van der Waals surface area contributed by atoms with Gasteiger partial charge in [0.25, 0.3) is 11.1 Å². The van der Waals surface area contributed by atoms with Crippen molar-refractivity contribution in [1.29, 1.82) is 0 Å².